The summed E-state index contributed by atoms with van der Waals surface area (Å²) in [5.41, 5.74) is 1.22. The van der Waals surface area contributed by atoms with Crippen LogP contribution < -0.4 is 0 Å². The fraction of sp³-hybridized carbons (Fsp3) is 0.167. The van der Waals surface area contributed by atoms with Crippen molar-refractivity contribution in [2.45, 2.75) is 13.0 Å². The fourth-order valence-electron chi connectivity index (χ4n) is 1.24. The molecule has 3 heteroatoms. The Labute approximate surface area is 88.6 Å². The van der Waals surface area contributed by atoms with Crippen molar-refractivity contribution < 1.29 is 9.53 Å². The minimum atomic E-state index is -0.491. The number of nitrogens with zero attached hydrogens (tertiary/aromatic N) is 1. The van der Waals surface area contributed by atoms with Crippen molar-refractivity contribution in [3.8, 4) is 6.07 Å². The molecule has 1 aromatic carbocycles. The second-order valence-electron chi connectivity index (χ2n) is 2.98. The molecule has 15 heavy (non-hydrogen) atoms. The lowest BCUT2D eigenvalue weighted by Gasteiger charge is -2.13. The average Bonchev–Trinajstić information content (AvgIpc) is 2.28. The molecule has 0 radical (unpaired) electrons. The van der Waals surface area contributed by atoms with Crippen LogP contribution in [0.4, 0.5) is 0 Å². The molecule has 0 saturated heterocycles. The van der Waals surface area contributed by atoms with Crippen LogP contribution >= 0.6 is 0 Å². The van der Waals surface area contributed by atoms with E-state index >= 15 is 0 Å². The Morgan fingerprint density at radius 2 is 2.27 bits per heavy atom. The van der Waals surface area contributed by atoms with Crippen LogP contribution in [0.15, 0.2) is 36.9 Å². The van der Waals surface area contributed by atoms with Gasteiger partial charge in [-0.05, 0) is 13.0 Å². The number of carbonyl (C=O) groups is 1. The summed E-state index contributed by atoms with van der Waals surface area (Å²) >= 11 is 0. The molecule has 1 aromatic rings. The predicted octanol–water partition coefficient (Wildman–Crippen LogP) is 2.35. The van der Waals surface area contributed by atoms with E-state index in [-0.39, 0.29) is 0 Å². The van der Waals surface area contributed by atoms with Gasteiger partial charge in [0.15, 0.2) is 0 Å². The zero-order chi connectivity index (χ0) is 11.3. The van der Waals surface area contributed by atoms with Crippen LogP contribution in [-0.2, 0) is 9.53 Å². The third-order valence-electron chi connectivity index (χ3n) is 1.98. The second kappa shape index (κ2) is 4.97. The van der Waals surface area contributed by atoms with Crippen molar-refractivity contribution in [3.63, 3.8) is 0 Å². The van der Waals surface area contributed by atoms with Gasteiger partial charge in [0, 0.05) is 11.6 Å². The lowest BCUT2D eigenvalue weighted by molar-refractivity contribution is -0.142. The SMILES string of the molecule is C=CC(=O)OC(C)c1ccccc1C#N. The van der Waals surface area contributed by atoms with E-state index in [1.165, 1.54) is 0 Å². The highest BCUT2D eigenvalue weighted by Crippen LogP contribution is 2.20. The van der Waals surface area contributed by atoms with E-state index < -0.39 is 12.1 Å². The Morgan fingerprint density at radius 1 is 1.60 bits per heavy atom. The Morgan fingerprint density at radius 3 is 2.87 bits per heavy atom. The van der Waals surface area contributed by atoms with E-state index in [9.17, 15) is 4.79 Å². The summed E-state index contributed by atoms with van der Waals surface area (Å²) in [7, 11) is 0. The van der Waals surface area contributed by atoms with Gasteiger partial charge in [0.1, 0.15) is 6.10 Å². The van der Waals surface area contributed by atoms with Crippen molar-refractivity contribution >= 4 is 5.97 Å². The van der Waals surface area contributed by atoms with Gasteiger partial charge < -0.3 is 4.74 Å². The van der Waals surface area contributed by atoms with Gasteiger partial charge in [0.05, 0.1) is 11.6 Å². The summed E-state index contributed by atoms with van der Waals surface area (Å²) in [6.45, 7) is 5.03. The molecule has 0 N–H and O–H groups in total. The number of benzene rings is 1. The van der Waals surface area contributed by atoms with Gasteiger partial charge in [0.2, 0.25) is 0 Å². The molecule has 0 amide bonds. The van der Waals surface area contributed by atoms with Crippen LogP contribution in [0.2, 0.25) is 0 Å². The van der Waals surface area contributed by atoms with Crippen LogP contribution in [0.5, 0.6) is 0 Å². The molecule has 1 atom stereocenters. The van der Waals surface area contributed by atoms with Gasteiger partial charge in [-0.3, -0.25) is 0 Å². The minimum absolute atomic E-state index is 0.439. The molecule has 0 aliphatic carbocycles. The first-order valence-corrected chi connectivity index (χ1v) is 4.51. The molecule has 0 aliphatic rings. The molecule has 3 nitrogen and oxygen atoms in total. The highest BCUT2D eigenvalue weighted by molar-refractivity contribution is 5.81. The minimum Gasteiger partial charge on any atom is -0.455 e. The predicted molar refractivity (Wildman–Crippen MR) is 55.9 cm³/mol. The molecule has 1 unspecified atom stereocenters. The summed E-state index contributed by atoms with van der Waals surface area (Å²) in [4.78, 5) is 11.0. The van der Waals surface area contributed by atoms with E-state index in [0.717, 1.165) is 6.08 Å². The Kier molecular flexibility index (Phi) is 3.64. The maximum Gasteiger partial charge on any atom is 0.330 e. The third-order valence-corrected chi connectivity index (χ3v) is 1.98. The van der Waals surface area contributed by atoms with E-state index in [1.54, 1.807) is 31.2 Å². The fourth-order valence-corrected chi connectivity index (χ4v) is 1.24. The summed E-state index contributed by atoms with van der Waals surface area (Å²) in [5, 5.41) is 8.85. The zero-order valence-electron chi connectivity index (χ0n) is 8.43. The van der Waals surface area contributed by atoms with Crippen molar-refractivity contribution in [1.82, 2.24) is 0 Å². The quantitative estimate of drug-likeness (QED) is 0.557. The van der Waals surface area contributed by atoms with Crippen molar-refractivity contribution in [3.05, 3.63) is 48.0 Å². The standard InChI is InChI=1S/C12H11NO2/c1-3-12(14)15-9(2)11-7-5-4-6-10(11)8-13/h3-7,9H,1H2,2H3. The smallest absolute Gasteiger partial charge is 0.330 e. The largest absolute Gasteiger partial charge is 0.455 e. The van der Waals surface area contributed by atoms with E-state index in [4.69, 9.17) is 10.00 Å². The monoisotopic (exact) mass is 201 g/mol. The second-order valence-corrected chi connectivity index (χ2v) is 2.98. The molecule has 1 rings (SSSR count). The number of ether oxygens (including phenoxy) is 1. The highest BCUT2D eigenvalue weighted by Gasteiger charge is 2.12. The number of carbonyl (C=O) groups excluding carboxylic acids is 1. The third kappa shape index (κ3) is 2.68. The molecule has 0 aromatic heterocycles. The molecular weight excluding hydrogens is 190 g/mol. The first-order chi connectivity index (χ1) is 7.19. The summed E-state index contributed by atoms with van der Waals surface area (Å²) < 4.78 is 5.02. The van der Waals surface area contributed by atoms with Crippen LogP contribution in [-0.4, -0.2) is 5.97 Å². The van der Waals surface area contributed by atoms with Crippen LogP contribution in [0, 0.1) is 11.3 Å². The number of hydrogen-bond donors (Lipinski definition) is 0. The molecule has 0 aliphatic heterocycles. The first kappa shape index (κ1) is 11.0. The van der Waals surface area contributed by atoms with Gasteiger partial charge in [-0.25, -0.2) is 4.79 Å². The van der Waals surface area contributed by atoms with E-state index in [2.05, 4.69) is 12.6 Å². The molecule has 0 fully saturated rings. The van der Waals surface area contributed by atoms with Crippen molar-refractivity contribution in [2.24, 2.45) is 0 Å². The zero-order valence-corrected chi connectivity index (χ0v) is 8.43. The molecule has 0 saturated carbocycles. The number of rotatable bonds is 3. The number of nitriles is 1. The molecule has 0 heterocycles. The van der Waals surface area contributed by atoms with Crippen LogP contribution in [0.1, 0.15) is 24.2 Å². The lowest BCUT2D eigenvalue weighted by Crippen LogP contribution is -2.07. The number of hydrogen-bond acceptors (Lipinski definition) is 3. The normalized spacial score (nSPS) is 11.2. The first-order valence-electron chi connectivity index (χ1n) is 4.51. The van der Waals surface area contributed by atoms with E-state index in [0.29, 0.717) is 11.1 Å². The Bertz CT molecular complexity index is 418. The lowest BCUT2D eigenvalue weighted by atomic mass is 10.0. The van der Waals surface area contributed by atoms with Gasteiger partial charge in [-0.2, -0.15) is 5.26 Å². The Hall–Kier alpha value is -2.08. The van der Waals surface area contributed by atoms with Crippen molar-refractivity contribution in [2.75, 3.05) is 0 Å². The number of esters is 1. The topological polar surface area (TPSA) is 50.1 Å². The summed E-state index contributed by atoms with van der Waals surface area (Å²) in [6, 6.07) is 9.07. The average molecular weight is 201 g/mol. The summed E-state index contributed by atoms with van der Waals surface area (Å²) in [5.74, 6) is -0.491. The Balaban J connectivity index is 2.91. The van der Waals surface area contributed by atoms with Gasteiger partial charge >= 0.3 is 5.97 Å². The molecule has 0 bridgehead atoms. The van der Waals surface area contributed by atoms with Gasteiger partial charge in [-0.1, -0.05) is 24.8 Å². The summed E-state index contributed by atoms with van der Waals surface area (Å²) in [6.07, 6.45) is 0.664. The van der Waals surface area contributed by atoms with Crippen LogP contribution in [0.25, 0.3) is 0 Å². The van der Waals surface area contributed by atoms with Gasteiger partial charge in [0.25, 0.3) is 0 Å². The molecule has 0 spiro atoms. The highest BCUT2D eigenvalue weighted by atomic mass is 16.5. The van der Waals surface area contributed by atoms with Gasteiger partial charge in [-0.15, -0.1) is 0 Å². The van der Waals surface area contributed by atoms with Crippen molar-refractivity contribution in [1.29, 1.82) is 5.26 Å². The van der Waals surface area contributed by atoms with Crippen LogP contribution in [0.3, 0.4) is 0 Å². The van der Waals surface area contributed by atoms with E-state index in [1.807, 2.05) is 0 Å². The maximum atomic E-state index is 11.0. The molecule has 76 valence electrons. The maximum absolute atomic E-state index is 11.0. The molecular formula is C12H11NO2.